The Balaban J connectivity index is 1.94. The van der Waals surface area contributed by atoms with Crippen LogP contribution in [0.3, 0.4) is 0 Å². The maximum atomic E-state index is 5.39. The molecule has 2 aliphatic rings. The molecule has 2 aliphatic heterocycles. The van der Waals surface area contributed by atoms with Crippen molar-refractivity contribution in [1.82, 2.24) is 15.0 Å². The van der Waals surface area contributed by atoms with E-state index in [0.717, 1.165) is 18.3 Å². The molecule has 0 saturated carbocycles. The summed E-state index contributed by atoms with van der Waals surface area (Å²) in [5, 5.41) is 3.93. The Morgan fingerprint density at radius 2 is 2.00 bits per heavy atom. The Morgan fingerprint density at radius 3 is 2.60 bits per heavy atom. The molecular formula is C11H17N3O. The van der Waals surface area contributed by atoms with Gasteiger partial charge in [-0.25, -0.2) is 0 Å². The number of rotatable bonds is 1. The molecule has 4 heteroatoms. The molecule has 0 amide bonds. The highest BCUT2D eigenvalue weighted by Crippen LogP contribution is 2.40. The molecule has 2 bridgehead atoms. The van der Waals surface area contributed by atoms with Gasteiger partial charge in [0.25, 0.3) is 0 Å². The van der Waals surface area contributed by atoms with Gasteiger partial charge in [-0.05, 0) is 45.7 Å². The molecule has 0 aliphatic carbocycles. The van der Waals surface area contributed by atoms with Gasteiger partial charge in [0.1, 0.15) is 0 Å². The highest BCUT2D eigenvalue weighted by molar-refractivity contribution is 5.10. The summed E-state index contributed by atoms with van der Waals surface area (Å²) in [6, 6.07) is 0. The topological polar surface area (TPSA) is 42.2 Å². The molecule has 0 unspecified atom stereocenters. The third kappa shape index (κ3) is 1.47. The SMILES string of the molecule is Cc1noc(C23CCCN(CCC2)C3)n1. The molecule has 2 saturated heterocycles. The van der Waals surface area contributed by atoms with Gasteiger partial charge >= 0.3 is 0 Å². The highest BCUT2D eigenvalue weighted by atomic mass is 16.5. The molecule has 2 fully saturated rings. The predicted molar refractivity (Wildman–Crippen MR) is 55.6 cm³/mol. The molecule has 82 valence electrons. The molecule has 4 nitrogen and oxygen atoms in total. The fourth-order valence-electron chi connectivity index (χ4n) is 3.06. The Hall–Kier alpha value is -0.900. The third-order valence-electron chi connectivity index (χ3n) is 3.77. The number of aromatic nitrogens is 2. The third-order valence-corrected chi connectivity index (χ3v) is 3.77. The van der Waals surface area contributed by atoms with Crippen LogP contribution in [0.1, 0.15) is 37.4 Å². The summed E-state index contributed by atoms with van der Waals surface area (Å²) in [4.78, 5) is 6.98. The molecule has 0 aromatic carbocycles. The van der Waals surface area contributed by atoms with Crippen molar-refractivity contribution < 1.29 is 4.52 Å². The van der Waals surface area contributed by atoms with Crippen LogP contribution < -0.4 is 0 Å². The minimum Gasteiger partial charge on any atom is -0.339 e. The number of hydrogen-bond donors (Lipinski definition) is 0. The predicted octanol–water partition coefficient (Wildman–Crippen LogP) is 1.51. The second-order valence-electron chi connectivity index (χ2n) is 4.91. The Labute approximate surface area is 89.6 Å². The van der Waals surface area contributed by atoms with Gasteiger partial charge < -0.3 is 9.42 Å². The summed E-state index contributed by atoms with van der Waals surface area (Å²) in [6.07, 6.45) is 4.96. The van der Waals surface area contributed by atoms with Gasteiger partial charge in [-0.15, -0.1) is 0 Å². The first kappa shape index (κ1) is 9.33. The van der Waals surface area contributed by atoms with Gasteiger partial charge in [0, 0.05) is 6.54 Å². The molecule has 1 aromatic heterocycles. The van der Waals surface area contributed by atoms with E-state index in [1.807, 2.05) is 6.92 Å². The first-order valence-electron chi connectivity index (χ1n) is 5.82. The van der Waals surface area contributed by atoms with Crippen LogP contribution in [0.25, 0.3) is 0 Å². The zero-order chi connectivity index (χ0) is 10.3. The van der Waals surface area contributed by atoms with E-state index in [9.17, 15) is 0 Å². The second-order valence-corrected chi connectivity index (χ2v) is 4.91. The van der Waals surface area contributed by atoms with Crippen molar-refractivity contribution in [3.63, 3.8) is 0 Å². The van der Waals surface area contributed by atoms with E-state index in [4.69, 9.17) is 4.52 Å². The van der Waals surface area contributed by atoms with E-state index in [2.05, 4.69) is 15.0 Å². The monoisotopic (exact) mass is 207 g/mol. The quantitative estimate of drug-likeness (QED) is 0.700. The lowest BCUT2D eigenvalue weighted by Gasteiger charge is -2.44. The Morgan fingerprint density at radius 1 is 1.27 bits per heavy atom. The van der Waals surface area contributed by atoms with E-state index >= 15 is 0 Å². The van der Waals surface area contributed by atoms with Gasteiger partial charge in [-0.1, -0.05) is 5.16 Å². The number of nitrogens with zero attached hydrogens (tertiary/aromatic N) is 3. The highest BCUT2D eigenvalue weighted by Gasteiger charge is 2.43. The zero-order valence-corrected chi connectivity index (χ0v) is 9.20. The first-order chi connectivity index (χ1) is 7.28. The van der Waals surface area contributed by atoms with E-state index in [0.29, 0.717) is 0 Å². The largest absolute Gasteiger partial charge is 0.339 e. The molecule has 0 radical (unpaired) electrons. The minimum atomic E-state index is 0.178. The van der Waals surface area contributed by atoms with E-state index in [1.54, 1.807) is 0 Å². The number of fused-ring (bicyclic) bond motifs is 2. The summed E-state index contributed by atoms with van der Waals surface area (Å²) in [5.41, 5.74) is 0.178. The molecule has 0 spiro atoms. The van der Waals surface area contributed by atoms with Crippen LogP contribution in [0.5, 0.6) is 0 Å². The van der Waals surface area contributed by atoms with Crippen LogP contribution in [0.4, 0.5) is 0 Å². The number of hydrogen-bond acceptors (Lipinski definition) is 4. The van der Waals surface area contributed by atoms with Crippen LogP contribution in [0.15, 0.2) is 4.52 Å². The molecular weight excluding hydrogens is 190 g/mol. The minimum absolute atomic E-state index is 0.178. The van der Waals surface area contributed by atoms with Crippen molar-refractivity contribution in [1.29, 1.82) is 0 Å². The lowest BCUT2D eigenvalue weighted by Crippen LogP contribution is -2.50. The van der Waals surface area contributed by atoms with Crippen molar-refractivity contribution in [2.24, 2.45) is 0 Å². The van der Waals surface area contributed by atoms with Crippen molar-refractivity contribution >= 4 is 0 Å². The Bertz CT molecular complexity index is 350. The molecule has 1 aromatic rings. The molecule has 0 atom stereocenters. The lowest BCUT2D eigenvalue weighted by molar-refractivity contribution is 0.0711. The van der Waals surface area contributed by atoms with Crippen LogP contribution in [0.2, 0.25) is 0 Å². The van der Waals surface area contributed by atoms with Gasteiger partial charge in [0.05, 0.1) is 5.41 Å². The van der Waals surface area contributed by atoms with Crippen LogP contribution in [-0.4, -0.2) is 34.7 Å². The van der Waals surface area contributed by atoms with Crippen molar-refractivity contribution in [3.8, 4) is 0 Å². The van der Waals surface area contributed by atoms with Gasteiger partial charge in [-0.2, -0.15) is 4.98 Å². The van der Waals surface area contributed by atoms with E-state index in [1.165, 1.54) is 38.8 Å². The van der Waals surface area contributed by atoms with Crippen LogP contribution in [-0.2, 0) is 5.41 Å². The fraction of sp³-hybridized carbons (Fsp3) is 0.818. The fourth-order valence-corrected chi connectivity index (χ4v) is 3.06. The normalized spacial score (nSPS) is 35.4. The zero-order valence-electron chi connectivity index (χ0n) is 9.20. The summed E-state index contributed by atoms with van der Waals surface area (Å²) in [5.74, 6) is 1.64. The Kier molecular flexibility index (Phi) is 2.06. The lowest BCUT2D eigenvalue weighted by atomic mass is 9.73. The summed E-state index contributed by atoms with van der Waals surface area (Å²) in [7, 11) is 0. The van der Waals surface area contributed by atoms with Crippen molar-refractivity contribution in [3.05, 3.63) is 11.7 Å². The second kappa shape index (κ2) is 3.30. The average molecular weight is 207 g/mol. The molecule has 0 N–H and O–H groups in total. The molecule has 15 heavy (non-hydrogen) atoms. The van der Waals surface area contributed by atoms with E-state index in [-0.39, 0.29) is 5.41 Å². The van der Waals surface area contributed by atoms with Gasteiger partial charge in [0.15, 0.2) is 5.82 Å². The number of piperidine rings is 2. The maximum Gasteiger partial charge on any atom is 0.234 e. The maximum absolute atomic E-state index is 5.39. The average Bonchev–Trinajstić information content (AvgIpc) is 2.66. The van der Waals surface area contributed by atoms with E-state index < -0.39 is 0 Å². The summed E-state index contributed by atoms with van der Waals surface area (Å²) < 4.78 is 5.39. The van der Waals surface area contributed by atoms with Crippen LogP contribution >= 0.6 is 0 Å². The summed E-state index contributed by atoms with van der Waals surface area (Å²) in [6.45, 7) is 5.51. The van der Waals surface area contributed by atoms with Crippen molar-refractivity contribution in [2.75, 3.05) is 19.6 Å². The molecule has 3 rings (SSSR count). The smallest absolute Gasteiger partial charge is 0.234 e. The number of aryl methyl sites for hydroxylation is 1. The standard InChI is InChI=1S/C11H17N3O/c1-9-12-10(15-13-9)11-4-2-6-14(8-11)7-3-5-11/h2-8H2,1H3. The van der Waals surface area contributed by atoms with Crippen LogP contribution in [0, 0.1) is 6.92 Å². The van der Waals surface area contributed by atoms with Crippen molar-refractivity contribution in [2.45, 2.75) is 38.0 Å². The first-order valence-corrected chi connectivity index (χ1v) is 5.82. The molecule has 3 heterocycles. The van der Waals surface area contributed by atoms with Gasteiger partial charge in [-0.3, -0.25) is 0 Å². The van der Waals surface area contributed by atoms with Gasteiger partial charge in [0.2, 0.25) is 5.89 Å². The summed E-state index contributed by atoms with van der Waals surface area (Å²) >= 11 is 0.